The van der Waals surface area contributed by atoms with Gasteiger partial charge < -0.3 is 9.84 Å². The number of para-hydroxylation sites is 1. The molecule has 2 heteroatoms. The van der Waals surface area contributed by atoms with Crippen LogP contribution in [0.4, 0.5) is 0 Å². The Labute approximate surface area is 96.1 Å². The highest BCUT2D eigenvalue weighted by atomic mass is 16.5. The van der Waals surface area contributed by atoms with Gasteiger partial charge in [-0.1, -0.05) is 48.5 Å². The quantitative estimate of drug-likeness (QED) is 0.835. The van der Waals surface area contributed by atoms with E-state index in [4.69, 9.17) is 9.84 Å². The number of ether oxygens (including phenoxy) is 1. The molecule has 0 unspecified atom stereocenters. The highest BCUT2D eigenvalue weighted by Crippen LogP contribution is 2.02. The number of methoxy groups -OCH3 is 1. The molecule has 0 aromatic heterocycles. The van der Waals surface area contributed by atoms with Gasteiger partial charge in [0.15, 0.2) is 0 Å². The first-order chi connectivity index (χ1) is 7.83. The van der Waals surface area contributed by atoms with Gasteiger partial charge in [0, 0.05) is 7.11 Å². The van der Waals surface area contributed by atoms with Gasteiger partial charge >= 0.3 is 0 Å². The second kappa shape index (κ2) is 7.49. The highest BCUT2D eigenvalue weighted by Gasteiger charge is 1.84. The third-order valence-corrected chi connectivity index (χ3v) is 1.91. The van der Waals surface area contributed by atoms with Crippen molar-refractivity contribution in [3.05, 3.63) is 66.2 Å². The molecule has 0 saturated carbocycles. The van der Waals surface area contributed by atoms with Gasteiger partial charge in [0.25, 0.3) is 0 Å². The van der Waals surface area contributed by atoms with Crippen LogP contribution in [0.1, 0.15) is 5.56 Å². The summed E-state index contributed by atoms with van der Waals surface area (Å²) in [5.41, 5.74) is 1.22. The maximum absolute atomic E-state index is 8.63. The predicted octanol–water partition coefficient (Wildman–Crippen LogP) is 3.23. The van der Waals surface area contributed by atoms with Crippen LogP contribution in [0.3, 0.4) is 0 Å². The van der Waals surface area contributed by atoms with Crippen molar-refractivity contribution in [1.82, 2.24) is 0 Å². The van der Waals surface area contributed by atoms with Crippen LogP contribution in [0.5, 0.6) is 5.75 Å². The fourth-order valence-corrected chi connectivity index (χ4v) is 1.17. The molecule has 0 fully saturated rings. The summed E-state index contributed by atoms with van der Waals surface area (Å²) in [6, 6.07) is 18.8. The zero-order chi connectivity index (χ0) is 11.6. The van der Waals surface area contributed by atoms with Crippen LogP contribution >= 0.6 is 0 Å². The Hall–Kier alpha value is -1.80. The Balaban J connectivity index is 0.000000165. The summed E-state index contributed by atoms with van der Waals surface area (Å²) in [6.45, 7) is 0.709. The fourth-order valence-electron chi connectivity index (χ4n) is 1.17. The van der Waals surface area contributed by atoms with E-state index in [1.807, 2.05) is 36.4 Å². The van der Waals surface area contributed by atoms with Gasteiger partial charge in [0.05, 0.1) is 6.61 Å². The standard InChI is InChI=1S/C8H10O.C6H6O/c1-9-7-8-5-3-2-4-6-8;7-6-4-2-1-3-5-6/h2-6H,7H2,1H3;1-5,7H. The van der Waals surface area contributed by atoms with E-state index in [1.165, 1.54) is 5.56 Å². The molecule has 0 aliphatic rings. The van der Waals surface area contributed by atoms with Crippen molar-refractivity contribution in [2.24, 2.45) is 0 Å². The van der Waals surface area contributed by atoms with E-state index in [0.717, 1.165) is 0 Å². The number of benzene rings is 2. The molecule has 2 rings (SSSR count). The van der Waals surface area contributed by atoms with Crippen LogP contribution in [0, 0.1) is 0 Å². The lowest BCUT2D eigenvalue weighted by atomic mass is 10.2. The molecule has 0 amide bonds. The molecule has 0 aliphatic carbocycles. The summed E-state index contributed by atoms with van der Waals surface area (Å²) in [5, 5.41) is 8.63. The number of aromatic hydroxyl groups is 1. The lowest BCUT2D eigenvalue weighted by Crippen LogP contribution is -1.84. The minimum atomic E-state index is 0.322. The summed E-state index contributed by atoms with van der Waals surface area (Å²) in [5.74, 6) is 0.322. The molecule has 0 heterocycles. The number of hydrogen-bond donors (Lipinski definition) is 1. The maximum Gasteiger partial charge on any atom is 0.115 e. The van der Waals surface area contributed by atoms with E-state index in [0.29, 0.717) is 12.4 Å². The molecule has 0 saturated heterocycles. The average molecular weight is 216 g/mol. The summed E-state index contributed by atoms with van der Waals surface area (Å²) in [6.07, 6.45) is 0. The fraction of sp³-hybridized carbons (Fsp3) is 0.143. The molecular formula is C14H16O2. The minimum Gasteiger partial charge on any atom is -0.508 e. The average Bonchev–Trinajstić information content (AvgIpc) is 2.33. The van der Waals surface area contributed by atoms with E-state index in [1.54, 1.807) is 31.4 Å². The van der Waals surface area contributed by atoms with E-state index in [9.17, 15) is 0 Å². The summed E-state index contributed by atoms with van der Waals surface area (Å²) < 4.78 is 4.93. The topological polar surface area (TPSA) is 29.5 Å². The number of hydrogen-bond acceptors (Lipinski definition) is 2. The first-order valence-electron chi connectivity index (χ1n) is 5.10. The third kappa shape index (κ3) is 5.17. The van der Waals surface area contributed by atoms with E-state index in [2.05, 4.69) is 0 Å². The largest absolute Gasteiger partial charge is 0.508 e. The Bertz CT molecular complexity index is 370. The number of phenolic OH excluding ortho intramolecular Hbond substituents is 1. The van der Waals surface area contributed by atoms with Crippen LogP contribution in [0.15, 0.2) is 60.7 Å². The predicted molar refractivity (Wildman–Crippen MR) is 65.3 cm³/mol. The molecule has 0 atom stereocenters. The minimum absolute atomic E-state index is 0.322. The maximum atomic E-state index is 8.63. The second-order valence-corrected chi connectivity index (χ2v) is 3.25. The number of rotatable bonds is 2. The first-order valence-corrected chi connectivity index (χ1v) is 5.10. The molecule has 0 aliphatic heterocycles. The summed E-state index contributed by atoms with van der Waals surface area (Å²) in [7, 11) is 1.70. The monoisotopic (exact) mass is 216 g/mol. The molecular weight excluding hydrogens is 200 g/mol. The van der Waals surface area contributed by atoms with Crippen LogP contribution in [-0.4, -0.2) is 12.2 Å². The molecule has 1 N–H and O–H groups in total. The van der Waals surface area contributed by atoms with E-state index < -0.39 is 0 Å². The Morgan fingerprint density at radius 1 is 0.875 bits per heavy atom. The SMILES string of the molecule is COCc1ccccc1.Oc1ccccc1. The van der Waals surface area contributed by atoms with Crippen LogP contribution in [0.25, 0.3) is 0 Å². The van der Waals surface area contributed by atoms with Gasteiger partial charge in [-0.15, -0.1) is 0 Å². The Morgan fingerprint density at radius 2 is 1.38 bits per heavy atom. The van der Waals surface area contributed by atoms with E-state index in [-0.39, 0.29) is 0 Å². The molecule has 2 aromatic rings. The lowest BCUT2D eigenvalue weighted by molar-refractivity contribution is 0.185. The molecule has 16 heavy (non-hydrogen) atoms. The van der Waals surface area contributed by atoms with Crippen LogP contribution < -0.4 is 0 Å². The summed E-state index contributed by atoms with van der Waals surface area (Å²) >= 11 is 0. The van der Waals surface area contributed by atoms with Gasteiger partial charge in [0.1, 0.15) is 5.75 Å². The van der Waals surface area contributed by atoms with Crippen molar-refractivity contribution in [2.45, 2.75) is 6.61 Å². The van der Waals surface area contributed by atoms with Gasteiger partial charge in [-0.05, 0) is 17.7 Å². The van der Waals surface area contributed by atoms with Gasteiger partial charge in [-0.2, -0.15) is 0 Å². The molecule has 2 nitrogen and oxygen atoms in total. The molecule has 0 radical (unpaired) electrons. The summed E-state index contributed by atoms with van der Waals surface area (Å²) in [4.78, 5) is 0. The Morgan fingerprint density at radius 3 is 1.75 bits per heavy atom. The van der Waals surface area contributed by atoms with Crippen LogP contribution in [-0.2, 0) is 11.3 Å². The first kappa shape index (κ1) is 12.3. The van der Waals surface area contributed by atoms with Crippen molar-refractivity contribution in [3.8, 4) is 5.75 Å². The molecule has 84 valence electrons. The number of phenols is 1. The van der Waals surface area contributed by atoms with Gasteiger partial charge in [-0.3, -0.25) is 0 Å². The normalized spacial score (nSPS) is 9.06. The third-order valence-electron chi connectivity index (χ3n) is 1.91. The molecule has 2 aromatic carbocycles. The smallest absolute Gasteiger partial charge is 0.115 e. The van der Waals surface area contributed by atoms with Crippen molar-refractivity contribution >= 4 is 0 Å². The van der Waals surface area contributed by atoms with Crippen molar-refractivity contribution in [1.29, 1.82) is 0 Å². The zero-order valence-corrected chi connectivity index (χ0v) is 9.34. The van der Waals surface area contributed by atoms with Crippen molar-refractivity contribution in [2.75, 3.05) is 7.11 Å². The van der Waals surface area contributed by atoms with Crippen molar-refractivity contribution < 1.29 is 9.84 Å². The Kier molecular flexibility index (Phi) is 5.74. The lowest BCUT2D eigenvalue weighted by Gasteiger charge is -1.95. The highest BCUT2D eigenvalue weighted by molar-refractivity contribution is 5.18. The van der Waals surface area contributed by atoms with Gasteiger partial charge in [0.2, 0.25) is 0 Å². The van der Waals surface area contributed by atoms with Gasteiger partial charge in [-0.25, -0.2) is 0 Å². The van der Waals surface area contributed by atoms with Crippen molar-refractivity contribution in [3.63, 3.8) is 0 Å². The van der Waals surface area contributed by atoms with Crippen LogP contribution in [0.2, 0.25) is 0 Å². The van der Waals surface area contributed by atoms with E-state index >= 15 is 0 Å². The second-order valence-electron chi connectivity index (χ2n) is 3.25. The molecule has 0 bridgehead atoms. The molecule has 0 spiro atoms. The zero-order valence-electron chi connectivity index (χ0n) is 9.34.